The largest absolute Gasteiger partial charge is 0.436 e. The maximum Gasteiger partial charge on any atom is 0.436 e. The molecule has 0 radical (unpaired) electrons. The average Bonchev–Trinajstić information content (AvgIpc) is 2.91. The molecule has 1 N–H and O–H groups in total. The standard InChI is InChI=1S/C16H8BrClF3N3OS/c17-9-3-6-11-12(7-9)26-14-23-15(16(19,20)21,22-13(25)24(11)14)8-1-4-10(18)5-2-8/h1-7H,(H,22,25). The molecular weight excluding hydrogens is 455 g/mol. The lowest BCUT2D eigenvalue weighted by molar-refractivity contribution is -0.195. The van der Waals surface area contributed by atoms with Crippen LogP contribution >= 0.6 is 39.3 Å². The fraction of sp³-hybridized carbons (Fsp3) is 0.125. The van der Waals surface area contributed by atoms with Crippen molar-refractivity contribution in [2.45, 2.75) is 16.7 Å². The SMILES string of the molecule is O=C1NC(c2ccc(Cl)cc2)(C(F)(F)F)N=C2Sc3cc(Br)ccc3N12. The van der Waals surface area contributed by atoms with E-state index in [1.165, 1.54) is 24.3 Å². The minimum Gasteiger partial charge on any atom is -0.301 e. The molecule has 0 saturated heterocycles. The molecule has 0 saturated carbocycles. The average molecular weight is 463 g/mol. The summed E-state index contributed by atoms with van der Waals surface area (Å²) < 4.78 is 42.8. The molecule has 26 heavy (non-hydrogen) atoms. The van der Waals surface area contributed by atoms with Gasteiger partial charge in [0.05, 0.1) is 5.69 Å². The van der Waals surface area contributed by atoms with Gasteiger partial charge in [0.1, 0.15) is 0 Å². The molecule has 2 heterocycles. The van der Waals surface area contributed by atoms with Crippen molar-refractivity contribution in [1.29, 1.82) is 0 Å². The number of carbonyl (C=O) groups is 1. The van der Waals surface area contributed by atoms with Crippen LogP contribution in [-0.4, -0.2) is 17.4 Å². The Morgan fingerprint density at radius 1 is 1.19 bits per heavy atom. The Labute approximate surface area is 163 Å². The topological polar surface area (TPSA) is 44.7 Å². The summed E-state index contributed by atoms with van der Waals surface area (Å²) in [6.07, 6.45) is -4.84. The lowest BCUT2D eigenvalue weighted by Gasteiger charge is -2.38. The number of benzene rings is 2. The lowest BCUT2D eigenvalue weighted by atomic mass is 9.98. The second-order valence-corrected chi connectivity index (χ2v) is 7.95. The number of amides is 2. The number of hydrogen-bond donors (Lipinski definition) is 1. The third-order valence-electron chi connectivity index (χ3n) is 3.98. The van der Waals surface area contributed by atoms with Gasteiger partial charge >= 0.3 is 12.2 Å². The summed E-state index contributed by atoms with van der Waals surface area (Å²) in [5, 5.41) is 2.29. The number of thioether (sulfide) groups is 1. The highest BCUT2D eigenvalue weighted by Gasteiger charge is 2.61. The number of nitrogens with one attached hydrogen (secondary N) is 1. The molecule has 10 heteroatoms. The molecule has 134 valence electrons. The number of rotatable bonds is 1. The van der Waals surface area contributed by atoms with E-state index in [-0.39, 0.29) is 15.8 Å². The Balaban J connectivity index is 1.89. The van der Waals surface area contributed by atoms with E-state index >= 15 is 0 Å². The number of urea groups is 1. The summed E-state index contributed by atoms with van der Waals surface area (Å²) in [6, 6.07) is 9.27. The number of carbonyl (C=O) groups excluding carboxylic acids is 1. The van der Waals surface area contributed by atoms with E-state index in [1.54, 1.807) is 18.2 Å². The number of aliphatic imine (C=N–C) groups is 1. The van der Waals surface area contributed by atoms with Crippen molar-refractivity contribution in [1.82, 2.24) is 5.32 Å². The molecule has 0 spiro atoms. The fourth-order valence-electron chi connectivity index (χ4n) is 2.78. The second-order valence-electron chi connectivity index (χ2n) is 5.59. The lowest BCUT2D eigenvalue weighted by Crippen LogP contribution is -2.62. The van der Waals surface area contributed by atoms with Crippen LogP contribution in [0.25, 0.3) is 0 Å². The predicted octanol–water partition coefficient (Wildman–Crippen LogP) is 5.51. The zero-order valence-electron chi connectivity index (χ0n) is 12.6. The van der Waals surface area contributed by atoms with Crippen molar-refractivity contribution in [3.05, 3.63) is 57.5 Å². The highest BCUT2D eigenvalue weighted by molar-refractivity contribution is 9.10. The molecule has 0 bridgehead atoms. The first-order chi connectivity index (χ1) is 12.2. The van der Waals surface area contributed by atoms with E-state index in [2.05, 4.69) is 20.9 Å². The third kappa shape index (κ3) is 2.60. The molecule has 4 rings (SSSR count). The van der Waals surface area contributed by atoms with Crippen LogP contribution in [0, 0.1) is 0 Å². The van der Waals surface area contributed by atoms with Gasteiger partial charge in [-0.3, -0.25) is 0 Å². The van der Waals surface area contributed by atoms with Crippen molar-refractivity contribution >= 4 is 56.2 Å². The van der Waals surface area contributed by atoms with Crippen LogP contribution in [0.15, 0.2) is 56.8 Å². The van der Waals surface area contributed by atoms with E-state index in [0.717, 1.165) is 21.1 Å². The van der Waals surface area contributed by atoms with Crippen molar-refractivity contribution in [2.24, 2.45) is 4.99 Å². The number of alkyl halides is 3. The first kappa shape index (κ1) is 17.7. The van der Waals surface area contributed by atoms with Gasteiger partial charge in [0, 0.05) is 20.0 Å². The molecule has 2 amide bonds. The minimum absolute atomic E-state index is 0.0332. The Hall–Kier alpha value is -1.71. The van der Waals surface area contributed by atoms with Gasteiger partial charge in [-0.2, -0.15) is 13.2 Å². The summed E-state index contributed by atoms with van der Waals surface area (Å²) in [4.78, 5) is 18.3. The summed E-state index contributed by atoms with van der Waals surface area (Å²) in [6.45, 7) is 0. The molecule has 4 nitrogen and oxygen atoms in total. The van der Waals surface area contributed by atoms with Crippen LogP contribution < -0.4 is 10.2 Å². The summed E-state index contributed by atoms with van der Waals surface area (Å²) in [7, 11) is 0. The van der Waals surface area contributed by atoms with Gasteiger partial charge in [-0.05, 0) is 42.1 Å². The van der Waals surface area contributed by atoms with Crippen LogP contribution in [-0.2, 0) is 5.66 Å². The Morgan fingerprint density at radius 2 is 1.88 bits per heavy atom. The highest BCUT2D eigenvalue weighted by Crippen LogP contribution is 2.49. The molecule has 2 aromatic carbocycles. The molecule has 2 aliphatic heterocycles. The molecular formula is C16H8BrClF3N3OS. The van der Waals surface area contributed by atoms with Gasteiger partial charge in [-0.15, -0.1) is 0 Å². The number of amidine groups is 1. The van der Waals surface area contributed by atoms with Crippen LogP contribution in [0.3, 0.4) is 0 Å². The van der Waals surface area contributed by atoms with E-state index in [9.17, 15) is 18.0 Å². The number of nitrogens with zero attached hydrogens (tertiary/aromatic N) is 2. The molecule has 2 aromatic rings. The number of fused-ring (bicyclic) bond motifs is 3. The summed E-state index contributed by atoms with van der Waals surface area (Å²) in [5.41, 5.74) is -2.60. The minimum atomic E-state index is -4.84. The predicted molar refractivity (Wildman–Crippen MR) is 97.6 cm³/mol. The molecule has 0 aromatic heterocycles. The van der Waals surface area contributed by atoms with E-state index in [0.29, 0.717) is 10.6 Å². The number of anilines is 1. The monoisotopic (exact) mass is 461 g/mol. The summed E-state index contributed by atoms with van der Waals surface area (Å²) >= 11 is 10.1. The first-order valence-electron chi connectivity index (χ1n) is 7.23. The van der Waals surface area contributed by atoms with Gasteiger partial charge in [-0.25, -0.2) is 14.7 Å². The van der Waals surface area contributed by atoms with Crippen LogP contribution in [0.4, 0.5) is 23.7 Å². The highest BCUT2D eigenvalue weighted by atomic mass is 79.9. The summed E-state index contributed by atoms with van der Waals surface area (Å²) in [5.74, 6) is 0. The molecule has 2 aliphatic rings. The second kappa shape index (κ2) is 5.90. The third-order valence-corrected chi connectivity index (χ3v) is 5.73. The molecule has 1 atom stereocenters. The van der Waals surface area contributed by atoms with Crippen molar-refractivity contribution in [2.75, 3.05) is 4.90 Å². The smallest absolute Gasteiger partial charge is 0.301 e. The maximum atomic E-state index is 14.0. The van der Waals surface area contributed by atoms with Crippen molar-refractivity contribution < 1.29 is 18.0 Å². The van der Waals surface area contributed by atoms with Gasteiger partial charge in [0.15, 0.2) is 5.17 Å². The quantitative estimate of drug-likeness (QED) is 0.607. The fourth-order valence-corrected chi connectivity index (χ4v) is 4.52. The van der Waals surface area contributed by atoms with E-state index in [1.807, 2.05) is 5.32 Å². The van der Waals surface area contributed by atoms with Gasteiger partial charge in [0.2, 0.25) is 0 Å². The van der Waals surface area contributed by atoms with Crippen molar-refractivity contribution in [3.63, 3.8) is 0 Å². The van der Waals surface area contributed by atoms with Gasteiger partial charge in [-0.1, -0.05) is 39.7 Å². The maximum absolute atomic E-state index is 14.0. The van der Waals surface area contributed by atoms with E-state index in [4.69, 9.17) is 11.6 Å². The Kier molecular flexibility index (Phi) is 4.01. The zero-order valence-corrected chi connectivity index (χ0v) is 15.8. The normalized spacial score (nSPS) is 21.8. The molecule has 0 aliphatic carbocycles. The van der Waals surface area contributed by atoms with Crippen LogP contribution in [0.1, 0.15) is 5.56 Å². The van der Waals surface area contributed by atoms with E-state index < -0.39 is 17.9 Å². The van der Waals surface area contributed by atoms with Gasteiger partial charge in [0.25, 0.3) is 5.66 Å². The molecule has 1 unspecified atom stereocenters. The van der Waals surface area contributed by atoms with Crippen molar-refractivity contribution in [3.8, 4) is 0 Å². The van der Waals surface area contributed by atoms with Gasteiger partial charge < -0.3 is 5.32 Å². The van der Waals surface area contributed by atoms with Crippen LogP contribution in [0.2, 0.25) is 5.02 Å². The number of hydrogen-bond acceptors (Lipinski definition) is 3. The number of halogens is 5. The Morgan fingerprint density at radius 3 is 2.54 bits per heavy atom. The first-order valence-corrected chi connectivity index (χ1v) is 9.22. The molecule has 0 fully saturated rings. The zero-order chi connectivity index (χ0) is 18.7. The Bertz CT molecular complexity index is 951. The van der Waals surface area contributed by atoms with Crippen LogP contribution in [0.5, 0.6) is 0 Å².